The van der Waals surface area contributed by atoms with Crippen molar-refractivity contribution in [2.24, 2.45) is 0 Å². The lowest BCUT2D eigenvalue weighted by molar-refractivity contribution is 0.102. The molecule has 0 atom stereocenters. The van der Waals surface area contributed by atoms with Crippen LogP contribution in [0.15, 0.2) is 47.5 Å². The van der Waals surface area contributed by atoms with Gasteiger partial charge in [-0.2, -0.15) is 0 Å². The van der Waals surface area contributed by atoms with E-state index in [1.54, 1.807) is 24.3 Å². The van der Waals surface area contributed by atoms with Crippen LogP contribution in [0, 0.1) is 12.7 Å². The normalized spacial score (nSPS) is 10.6. The van der Waals surface area contributed by atoms with Crippen LogP contribution in [0.5, 0.6) is 0 Å². The molecule has 1 heterocycles. The molecule has 0 unspecified atom stereocenters. The number of aromatic nitrogens is 2. The SMILES string of the molecule is Cc1c(F)cccc1C(=O)Nc1cccc2c(=O)[nH]cnc12. The van der Waals surface area contributed by atoms with Gasteiger partial charge >= 0.3 is 0 Å². The minimum atomic E-state index is -0.452. The second-order valence-corrected chi connectivity index (χ2v) is 4.80. The lowest BCUT2D eigenvalue weighted by Gasteiger charge is -2.09. The summed E-state index contributed by atoms with van der Waals surface area (Å²) in [6.45, 7) is 1.54. The van der Waals surface area contributed by atoms with Gasteiger partial charge in [0.25, 0.3) is 11.5 Å². The van der Waals surface area contributed by atoms with Crippen LogP contribution in [0.3, 0.4) is 0 Å². The van der Waals surface area contributed by atoms with Crippen molar-refractivity contribution < 1.29 is 9.18 Å². The second kappa shape index (κ2) is 5.40. The molecule has 110 valence electrons. The average molecular weight is 297 g/mol. The zero-order valence-corrected chi connectivity index (χ0v) is 11.7. The largest absolute Gasteiger partial charge is 0.320 e. The summed E-state index contributed by atoms with van der Waals surface area (Å²) in [5.74, 6) is -0.897. The van der Waals surface area contributed by atoms with Crippen LogP contribution in [-0.4, -0.2) is 15.9 Å². The highest BCUT2D eigenvalue weighted by atomic mass is 19.1. The first-order chi connectivity index (χ1) is 10.6. The Kier molecular flexibility index (Phi) is 3.42. The van der Waals surface area contributed by atoms with Crippen molar-refractivity contribution in [3.8, 4) is 0 Å². The average Bonchev–Trinajstić information content (AvgIpc) is 2.51. The molecule has 0 spiro atoms. The van der Waals surface area contributed by atoms with Gasteiger partial charge in [0.2, 0.25) is 0 Å². The lowest BCUT2D eigenvalue weighted by Crippen LogP contribution is -2.15. The Morgan fingerprint density at radius 1 is 1.23 bits per heavy atom. The second-order valence-electron chi connectivity index (χ2n) is 4.80. The number of anilines is 1. The number of fused-ring (bicyclic) bond motifs is 1. The van der Waals surface area contributed by atoms with Crippen molar-refractivity contribution in [3.05, 3.63) is 70.0 Å². The van der Waals surface area contributed by atoms with Gasteiger partial charge in [0.1, 0.15) is 11.3 Å². The molecule has 0 aliphatic heterocycles. The number of nitrogens with one attached hydrogen (secondary N) is 2. The summed E-state index contributed by atoms with van der Waals surface area (Å²) >= 11 is 0. The molecule has 0 aliphatic carbocycles. The molecular formula is C16H12FN3O2. The quantitative estimate of drug-likeness (QED) is 0.763. The molecule has 5 nitrogen and oxygen atoms in total. The summed E-state index contributed by atoms with van der Waals surface area (Å²) in [4.78, 5) is 30.6. The smallest absolute Gasteiger partial charge is 0.258 e. The molecule has 0 radical (unpaired) electrons. The molecule has 3 rings (SSSR count). The summed E-state index contributed by atoms with van der Waals surface area (Å²) in [6, 6.07) is 9.21. The molecule has 2 N–H and O–H groups in total. The Labute approximate surface area is 124 Å². The molecule has 0 saturated carbocycles. The number of hydrogen-bond donors (Lipinski definition) is 2. The number of aromatic amines is 1. The van der Waals surface area contributed by atoms with Gasteiger partial charge in [-0.15, -0.1) is 0 Å². The van der Waals surface area contributed by atoms with Crippen LogP contribution >= 0.6 is 0 Å². The van der Waals surface area contributed by atoms with E-state index in [1.807, 2.05) is 0 Å². The molecule has 1 amide bonds. The number of nitrogens with zero attached hydrogens (tertiary/aromatic N) is 1. The van der Waals surface area contributed by atoms with Crippen LogP contribution in [0.4, 0.5) is 10.1 Å². The van der Waals surface area contributed by atoms with Gasteiger partial charge in [0.05, 0.1) is 17.4 Å². The van der Waals surface area contributed by atoms with Crippen molar-refractivity contribution in [1.29, 1.82) is 0 Å². The van der Waals surface area contributed by atoms with E-state index in [0.717, 1.165) is 0 Å². The van der Waals surface area contributed by atoms with Crippen molar-refractivity contribution in [2.75, 3.05) is 5.32 Å². The fourth-order valence-electron chi connectivity index (χ4n) is 2.24. The van der Waals surface area contributed by atoms with Crippen LogP contribution < -0.4 is 10.9 Å². The highest BCUT2D eigenvalue weighted by Crippen LogP contribution is 2.20. The summed E-state index contributed by atoms with van der Waals surface area (Å²) in [5, 5.41) is 3.05. The molecule has 0 bridgehead atoms. The number of amides is 1. The first-order valence-electron chi connectivity index (χ1n) is 6.61. The minimum Gasteiger partial charge on any atom is -0.320 e. The third-order valence-corrected chi connectivity index (χ3v) is 3.43. The van der Waals surface area contributed by atoms with Crippen LogP contribution in [-0.2, 0) is 0 Å². The number of para-hydroxylation sites is 1. The van der Waals surface area contributed by atoms with E-state index < -0.39 is 11.7 Å². The monoisotopic (exact) mass is 297 g/mol. The predicted octanol–water partition coefficient (Wildman–Crippen LogP) is 2.62. The van der Waals surface area contributed by atoms with E-state index in [9.17, 15) is 14.0 Å². The van der Waals surface area contributed by atoms with Crippen molar-refractivity contribution >= 4 is 22.5 Å². The van der Waals surface area contributed by atoms with Crippen molar-refractivity contribution in [3.63, 3.8) is 0 Å². The van der Waals surface area contributed by atoms with Gasteiger partial charge in [-0.25, -0.2) is 9.37 Å². The van der Waals surface area contributed by atoms with Gasteiger partial charge in [0, 0.05) is 5.56 Å². The van der Waals surface area contributed by atoms with E-state index in [-0.39, 0.29) is 16.7 Å². The van der Waals surface area contributed by atoms with E-state index in [0.29, 0.717) is 16.6 Å². The predicted molar refractivity (Wildman–Crippen MR) is 81.5 cm³/mol. The fourth-order valence-corrected chi connectivity index (χ4v) is 2.24. The van der Waals surface area contributed by atoms with E-state index in [4.69, 9.17) is 0 Å². The summed E-state index contributed by atoms with van der Waals surface area (Å²) in [6.07, 6.45) is 1.27. The van der Waals surface area contributed by atoms with E-state index in [1.165, 1.54) is 25.4 Å². The number of carbonyl (C=O) groups is 1. The number of hydrogen-bond acceptors (Lipinski definition) is 3. The molecule has 0 saturated heterocycles. The number of benzene rings is 2. The van der Waals surface area contributed by atoms with Crippen LogP contribution in [0.1, 0.15) is 15.9 Å². The molecule has 22 heavy (non-hydrogen) atoms. The number of halogens is 1. The number of H-pyrrole nitrogens is 1. The first kappa shape index (κ1) is 13.9. The fraction of sp³-hybridized carbons (Fsp3) is 0.0625. The van der Waals surface area contributed by atoms with E-state index in [2.05, 4.69) is 15.3 Å². The third-order valence-electron chi connectivity index (χ3n) is 3.43. The van der Waals surface area contributed by atoms with Gasteiger partial charge in [-0.3, -0.25) is 9.59 Å². The number of carbonyl (C=O) groups excluding carboxylic acids is 1. The zero-order valence-electron chi connectivity index (χ0n) is 11.7. The standard InChI is InChI=1S/C16H12FN3O2/c1-9-10(4-2-6-12(9)17)16(22)20-13-7-3-5-11-14(13)18-8-19-15(11)21/h2-8H,1H3,(H,20,22)(H,18,19,21). The molecular weight excluding hydrogens is 285 g/mol. The topological polar surface area (TPSA) is 74.8 Å². The van der Waals surface area contributed by atoms with Crippen LogP contribution in [0.25, 0.3) is 10.9 Å². The van der Waals surface area contributed by atoms with Gasteiger partial charge in [0.15, 0.2) is 0 Å². The molecule has 2 aromatic carbocycles. The Morgan fingerprint density at radius 3 is 2.82 bits per heavy atom. The van der Waals surface area contributed by atoms with Gasteiger partial charge < -0.3 is 10.3 Å². The maximum absolute atomic E-state index is 13.5. The maximum atomic E-state index is 13.5. The Bertz CT molecular complexity index is 934. The minimum absolute atomic E-state index is 0.238. The van der Waals surface area contributed by atoms with Crippen molar-refractivity contribution in [1.82, 2.24) is 9.97 Å². The van der Waals surface area contributed by atoms with Crippen molar-refractivity contribution in [2.45, 2.75) is 6.92 Å². The highest BCUT2D eigenvalue weighted by molar-refractivity contribution is 6.08. The van der Waals surface area contributed by atoms with Crippen LogP contribution in [0.2, 0.25) is 0 Å². The molecule has 1 aromatic heterocycles. The van der Waals surface area contributed by atoms with Gasteiger partial charge in [-0.1, -0.05) is 12.1 Å². The molecule has 0 fully saturated rings. The summed E-state index contributed by atoms with van der Waals surface area (Å²) < 4.78 is 13.5. The highest BCUT2D eigenvalue weighted by Gasteiger charge is 2.14. The summed E-state index contributed by atoms with van der Waals surface area (Å²) in [5.41, 5.74) is 1.00. The lowest BCUT2D eigenvalue weighted by atomic mass is 10.1. The zero-order chi connectivity index (χ0) is 15.7. The summed E-state index contributed by atoms with van der Waals surface area (Å²) in [7, 11) is 0. The maximum Gasteiger partial charge on any atom is 0.258 e. The Hall–Kier alpha value is -3.02. The molecule has 3 aromatic rings. The molecule has 6 heteroatoms. The Morgan fingerprint density at radius 2 is 2.00 bits per heavy atom. The Balaban J connectivity index is 2.04. The van der Waals surface area contributed by atoms with Gasteiger partial charge in [-0.05, 0) is 36.8 Å². The first-order valence-corrected chi connectivity index (χ1v) is 6.61. The van der Waals surface area contributed by atoms with E-state index >= 15 is 0 Å². The molecule has 0 aliphatic rings. The third kappa shape index (κ3) is 2.35. The number of rotatable bonds is 2.